The normalized spacial score (nSPS) is 12.0. The lowest BCUT2D eigenvalue weighted by Gasteiger charge is -2.20. The molecule has 0 aliphatic carbocycles. The van der Waals surface area contributed by atoms with Crippen molar-refractivity contribution in [1.82, 2.24) is 10.2 Å². The van der Waals surface area contributed by atoms with Gasteiger partial charge in [0.2, 0.25) is 11.8 Å². The van der Waals surface area contributed by atoms with Gasteiger partial charge in [0, 0.05) is 32.9 Å². The molecule has 1 atom stereocenters. The van der Waals surface area contributed by atoms with E-state index in [2.05, 4.69) is 5.32 Å². The fourth-order valence-corrected chi connectivity index (χ4v) is 1.38. The third kappa shape index (κ3) is 5.62. The highest BCUT2D eigenvalue weighted by molar-refractivity contribution is 6.17. The van der Waals surface area contributed by atoms with Gasteiger partial charge in [0.05, 0.1) is 5.92 Å². The second-order valence-electron chi connectivity index (χ2n) is 3.58. The Balaban J connectivity index is 3.95. The van der Waals surface area contributed by atoms with Crippen molar-refractivity contribution in [2.45, 2.75) is 19.8 Å². The van der Waals surface area contributed by atoms with Gasteiger partial charge in [-0.1, -0.05) is 6.92 Å². The first-order chi connectivity index (χ1) is 7.02. The van der Waals surface area contributed by atoms with Crippen LogP contribution in [-0.4, -0.2) is 43.2 Å². The van der Waals surface area contributed by atoms with Gasteiger partial charge in [-0.15, -0.1) is 11.6 Å². The van der Waals surface area contributed by atoms with Gasteiger partial charge in [0.25, 0.3) is 0 Å². The molecule has 0 spiro atoms. The Bertz CT molecular complexity index is 221. The minimum atomic E-state index is -0.181. The van der Waals surface area contributed by atoms with Crippen molar-refractivity contribution in [3.63, 3.8) is 0 Å². The van der Waals surface area contributed by atoms with Gasteiger partial charge in [-0.3, -0.25) is 9.59 Å². The summed E-state index contributed by atoms with van der Waals surface area (Å²) < 4.78 is 0. The lowest BCUT2D eigenvalue weighted by atomic mass is 10.1. The molecule has 0 radical (unpaired) electrons. The van der Waals surface area contributed by atoms with E-state index in [0.717, 1.165) is 0 Å². The Morgan fingerprint density at radius 1 is 1.47 bits per heavy atom. The van der Waals surface area contributed by atoms with Gasteiger partial charge in [0.15, 0.2) is 0 Å². The zero-order valence-electron chi connectivity index (χ0n) is 9.55. The van der Waals surface area contributed by atoms with Gasteiger partial charge in [-0.25, -0.2) is 0 Å². The van der Waals surface area contributed by atoms with E-state index in [0.29, 0.717) is 25.3 Å². The number of alkyl halides is 1. The topological polar surface area (TPSA) is 49.4 Å². The Labute approximate surface area is 96.0 Å². The van der Waals surface area contributed by atoms with Crippen molar-refractivity contribution in [2.24, 2.45) is 5.92 Å². The van der Waals surface area contributed by atoms with Gasteiger partial charge < -0.3 is 10.2 Å². The molecule has 0 saturated heterocycles. The lowest BCUT2D eigenvalue weighted by molar-refractivity contribution is -0.132. The molecule has 0 saturated carbocycles. The van der Waals surface area contributed by atoms with Crippen LogP contribution >= 0.6 is 11.6 Å². The summed E-state index contributed by atoms with van der Waals surface area (Å²) >= 11 is 5.49. The predicted molar refractivity (Wildman–Crippen MR) is 60.8 cm³/mol. The second-order valence-corrected chi connectivity index (χ2v) is 3.96. The lowest BCUT2D eigenvalue weighted by Crippen LogP contribution is -2.37. The molecule has 1 N–H and O–H groups in total. The van der Waals surface area contributed by atoms with Crippen LogP contribution in [0.1, 0.15) is 19.8 Å². The number of nitrogens with zero attached hydrogens (tertiary/aromatic N) is 1. The van der Waals surface area contributed by atoms with E-state index in [1.54, 1.807) is 25.9 Å². The Morgan fingerprint density at radius 2 is 2.07 bits per heavy atom. The summed E-state index contributed by atoms with van der Waals surface area (Å²) in [4.78, 5) is 24.3. The third-order valence-corrected chi connectivity index (χ3v) is 2.46. The van der Waals surface area contributed by atoms with Crippen LogP contribution in [0, 0.1) is 5.92 Å². The Hall–Kier alpha value is -0.770. The number of halogens is 1. The molecule has 0 aliphatic heterocycles. The highest BCUT2D eigenvalue weighted by Crippen LogP contribution is 2.02. The van der Waals surface area contributed by atoms with Crippen LogP contribution in [0.15, 0.2) is 0 Å². The molecule has 0 rings (SSSR count). The number of amides is 2. The average Bonchev–Trinajstić information content (AvgIpc) is 2.24. The monoisotopic (exact) mass is 234 g/mol. The van der Waals surface area contributed by atoms with Crippen LogP contribution in [0.3, 0.4) is 0 Å². The molecule has 88 valence electrons. The number of hydrogen-bond donors (Lipinski definition) is 1. The van der Waals surface area contributed by atoms with E-state index < -0.39 is 0 Å². The molecule has 0 aromatic carbocycles. The maximum absolute atomic E-state index is 11.5. The van der Waals surface area contributed by atoms with Gasteiger partial charge in [-0.2, -0.15) is 0 Å². The maximum Gasteiger partial charge on any atom is 0.224 e. The fourth-order valence-electron chi connectivity index (χ4n) is 1.25. The van der Waals surface area contributed by atoms with E-state index in [1.165, 1.54) is 0 Å². The van der Waals surface area contributed by atoms with Crippen molar-refractivity contribution >= 4 is 23.4 Å². The summed E-state index contributed by atoms with van der Waals surface area (Å²) in [5, 5.41) is 2.55. The van der Waals surface area contributed by atoms with Crippen molar-refractivity contribution in [3.05, 3.63) is 0 Å². The summed E-state index contributed by atoms with van der Waals surface area (Å²) in [6.07, 6.45) is 1.12. The van der Waals surface area contributed by atoms with Crippen LogP contribution < -0.4 is 5.32 Å². The first-order valence-corrected chi connectivity index (χ1v) is 5.57. The van der Waals surface area contributed by atoms with Crippen molar-refractivity contribution < 1.29 is 9.59 Å². The van der Waals surface area contributed by atoms with Crippen molar-refractivity contribution in [2.75, 3.05) is 26.5 Å². The number of carbonyl (C=O) groups excluding carboxylic acids is 2. The summed E-state index contributed by atoms with van der Waals surface area (Å²) in [7, 11) is 3.30. The van der Waals surface area contributed by atoms with Crippen LogP contribution in [-0.2, 0) is 9.59 Å². The van der Waals surface area contributed by atoms with E-state index >= 15 is 0 Å². The average molecular weight is 235 g/mol. The molecule has 15 heavy (non-hydrogen) atoms. The van der Waals surface area contributed by atoms with E-state index in [9.17, 15) is 9.59 Å². The molecule has 0 aromatic heterocycles. The summed E-state index contributed by atoms with van der Waals surface area (Å²) in [6, 6.07) is 0. The molecule has 0 aromatic rings. The molecule has 4 nitrogen and oxygen atoms in total. The minimum absolute atomic E-state index is 0.0337. The minimum Gasteiger partial charge on any atom is -0.359 e. The van der Waals surface area contributed by atoms with Crippen LogP contribution in [0.2, 0.25) is 0 Å². The molecule has 1 unspecified atom stereocenters. The Kier molecular flexibility index (Phi) is 7.13. The van der Waals surface area contributed by atoms with E-state index in [1.807, 2.05) is 0 Å². The Morgan fingerprint density at radius 3 is 2.53 bits per heavy atom. The predicted octanol–water partition coefficient (Wildman–Crippen LogP) is 0.846. The van der Waals surface area contributed by atoms with Crippen molar-refractivity contribution in [1.29, 1.82) is 0 Å². The number of rotatable bonds is 6. The third-order valence-electron chi connectivity index (χ3n) is 2.19. The first kappa shape index (κ1) is 14.2. The first-order valence-electron chi connectivity index (χ1n) is 5.04. The molecular formula is C10H19ClN2O2. The van der Waals surface area contributed by atoms with Gasteiger partial charge in [0.1, 0.15) is 0 Å². The zero-order chi connectivity index (χ0) is 11.8. The molecule has 0 fully saturated rings. The number of hydrogen-bond acceptors (Lipinski definition) is 2. The molecule has 5 heteroatoms. The van der Waals surface area contributed by atoms with Crippen molar-refractivity contribution in [3.8, 4) is 0 Å². The maximum atomic E-state index is 11.5. The summed E-state index contributed by atoms with van der Waals surface area (Å²) in [5.74, 6) is 0.295. The molecule has 0 heterocycles. The highest BCUT2D eigenvalue weighted by Gasteiger charge is 2.16. The number of nitrogens with one attached hydrogen (secondary N) is 1. The standard InChI is InChI=1S/C10H19ClN2O2/c1-8(10(15)12-2)7-13(3)9(14)5-4-6-11/h8H,4-7H2,1-3H3,(H,12,15). The largest absolute Gasteiger partial charge is 0.359 e. The molecule has 0 bridgehead atoms. The van der Waals surface area contributed by atoms with Gasteiger partial charge >= 0.3 is 0 Å². The molecule has 0 aliphatic rings. The van der Waals surface area contributed by atoms with Crippen LogP contribution in [0.5, 0.6) is 0 Å². The molecular weight excluding hydrogens is 216 g/mol. The highest BCUT2D eigenvalue weighted by atomic mass is 35.5. The van der Waals surface area contributed by atoms with Crippen LogP contribution in [0.25, 0.3) is 0 Å². The zero-order valence-corrected chi connectivity index (χ0v) is 10.3. The van der Waals surface area contributed by atoms with Gasteiger partial charge in [-0.05, 0) is 6.42 Å². The fraction of sp³-hybridized carbons (Fsp3) is 0.800. The summed E-state index contributed by atoms with van der Waals surface area (Å²) in [6.45, 7) is 2.24. The van der Waals surface area contributed by atoms with E-state index in [4.69, 9.17) is 11.6 Å². The summed E-state index contributed by atoms with van der Waals surface area (Å²) in [5.41, 5.74) is 0. The quantitative estimate of drug-likeness (QED) is 0.693. The number of carbonyl (C=O) groups is 2. The van der Waals surface area contributed by atoms with E-state index in [-0.39, 0.29) is 17.7 Å². The second kappa shape index (κ2) is 7.51. The van der Waals surface area contributed by atoms with Crippen LogP contribution in [0.4, 0.5) is 0 Å². The smallest absolute Gasteiger partial charge is 0.224 e. The SMILES string of the molecule is CNC(=O)C(C)CN(C)C(=O)CCCCl. The molecule has 2 amide bonds.